The lowest BCUT2D eigenvalue weighted by molar-refractivity contribution is 0.412. The molecule has 3 rings (SSSR count). The molecule has 0 unspecified atom stereocenters. The van der Waals surface area contributed by atoms with Crippen molar-refractivity contribution in [2.75, 3.05) is 0 Å². The zero-order valence-electron chi connectivity index (χ0n) is 11.6. The minimum Gasteiger partial charge on any atom is -0.332 e. The van der Waals surface area contributed by atoms with Gasteiger partial charge in [-0.3, -0.25) is 4.79 Å². The molecule has 1 aliphatic carbocycles. The van der Waals surface area contributed by atoms with Crippen LogP contribution in [-0.2, 0) is 6.54 Å². The summed E-state index contributed by atoms with van der Waals surface area (Å²) in [6, 6.07) is 3.14. The quantitative estimate of drug-likeness (QED) is 0.855. The lowest BCUT2D eigenvalue weighted by Gasteiger charge is -2.02. The van der Waals surface area contributed by atoms with Gasteiger partial charge in [0.1, 0.15) is 5.69 Å². The van der Waals surface area contributed by atoms with Gasteiger partial charge in [-0.05, 0) is 25.3 Å². The van der Waals surface area contributed by atoms with Crippen molar-refractivity contribution in [2.45, 2.75) is 51.5 Å². The van der Waals surface area contributed by atoms with E-state index in [1.54, 1.807) is 6.07 Å². The summed E-state index contributed by atoms with van der Waals surface area (Å²) in [6.07, 6.45) is 5.57. The Morgan fingerprint density at radius 3 is 2.90 bits per heavy atom. The third-order valence-corrected chi connectivity index (χ3v) is 3.68. The summed E-state index contributed by atoms with van der Waals surface area (Å²) in [5.41, 5.74) is 0.459. The summed E-state index contributed by atoms with van der Waals surface area (Å²) in [5, 5.41) is 8.34. The third-order valence-electron chi connectivity index (χ3n) is 3.68. The molecule has 2 aromatic rings. The number of nitrogens with zero attached hydrogens (tertiary/aromatic N) is 4. The van der Waals surface area contributed by atoms with E-state index in [1.807, 2.05) is 6.92 Å². The molecule has 0 amide bonds. The number of hydrogen-bond donors (Lipinski definition) is 0. The van der Waals surface area contributed by atoms with Gasteiger partial charge in [0.15, 0.2) is 5.82 Å². The van der Waals surface area contributed by atoms with Crippen molar-refractivity contribution >= 4 is 0 Å². The summed E-state index contributed by atoms with van der Waals surface area (Å²) in [4.78, 5) is 16.1. The molecule has 0 radical (unpaired) electrons. The molecule has 0 N–H and O–H groups in total. The molecule has 0 saturated heterocycles. The monoisotopic (exact) mass is 274 g/mol. The summed E-state index contributed by atoms with van der Waals surface area (Å²) >= 11 is 0. The van der Waals surface area contributed by atoms with Gasteiger partial charge in [0.05, 0.1) is 0 Å². The zero-order chi connectivity index (χ0) is 13.9. The SMILES string of the molecule is CCCn1nc(-c2nc(C3CCCC3)no2)ccc1=O. The van der Waals surface area contributed by atoms with Gasteiger partial charge in [0, 0.05) is 18.5 Å². The molecule has 6 nitrogen and oxygen atoms in total. The Morgan fingerprint density at radius 2 is 2.15 bits per heavy atom. The maximum absolute atomic E-state index is 11.6. The van der Waals surface area contributed by atoms with Crippen molar-refractivity contribution in [2.24, 2.45) is 0 Å². The van der Waals surface area contributed by atoms with E-state index in [9.17, 15) is 4.79 Å². The van der Waals surface area contributed by atoms with E-state index in [1.165, 1.54) is 23.6 Å². The highest BCUT2D eigenvalue weighted by molar-refractivity contribution is 5.44. The van der Waals surface area contributed by atoms with Crippen molar-refractivity contribution in [3.63, 3.8) is 0 Å². The topological polar surface area (TPSA) is 73.8 Å². The standard InChI is InChI=1S/C14H18N4O2/c1-2-9-18-12(19)8-7-11(16-18)14-15-13(17-20-14)10-5-3-4-6-10/h7-8,10H,2-6,9H2,1H3. The van der Waals surface area contributed by atoms with E-state index in [0.717, 1.165) is 25.1 Å². The highest BCUT2D eigenvalue weighted by Crippen LogP contribution is 2.32. The smallest absolute Gasteiger partial charge is 0.278 e. The number of aromatic nitrogens is 4. The fourth-order valence-electron chi connectivity index (χ4n) is 2.62. The minimum atomic E-state index is -0.105. The maximum atomic E-state index is 11.6. The molecule has 6 heteroatoms. The van der Waals surface area contributed by atoms with Crippen molar-refractivity contribution in [1.29, 1.82) is 0 Å². The molecule has 20 heavy (non-hydrogen) atoms. The van der Waals surface area contributed by atoms with Crippen LogP contribution in [0.25, 0.3) is 11.6 Å². The van der Waals surface area contributed by atoms with E-state index in [0.29, 0.717) is 24.0 Å². The molecule has 0 aliphatic heterocycles. The molecular formula is C14H18N4O2. The van der Waals surface area contributed by atoms with Crippen molar-refractivity contribution in [1.82, 2.24) is 19.9 Å². The van der Waals surface area contributed by atoms with Gasteiger partial charge in [-0.2, -0.15) is 10.1 Å². The highest BCUT2D eigenvalue weighted by Gasteiger charge is 2.23. The van der Waals surface area contributed by atoms with Gasteiger partial charge in [0.2, 0.25) is 0 Å². The predicted octanol–water partition coefficient (Wildman–Crippen LogP) is 2.36. The number of aryl methyl sites for hydroxylation is 1. The van der Waals surface area contributed by atoms with Gasteiger partial charge in [0.25, 0.3) is 11.4 Å². The predicted molar refractivity (Wildman–Crippen MR) is 73.3 cm³/mol. The first-order chi connectivity index (χ1) is 9.78. The summed E-state index contributed by atoms with van der Waals surface area (Å²) in [5.74, 6) is 1.58. The van der Waals surface area contributed by atoms with E-state index in [2.05, 4.69) is 15.2 Å². The van der Waals surface area contributed by atoms with E-state index in [-0.39, 0.29) is 5.56 Å². The zero-order valence-corrected chi connectivity index (χ0v) is 11.6. The molecule has 1 fully saturated rings. The first-order valence-corrected chi connectivity index (χ1v) is 7.20. The van der Waals surface area contributed by atoms with Crippen LogP contribution in [0.2, 0.25) is 0 Å². The normalized spacial score (nSPS) is 15.8. The summed E-state index contributed by atoms with van der Waals surface area (Å²) in [6.45, 7) is 2.60. The highest BCUT2D eigenvalue weighted by atomic mass is 16.5. The van der Waals surface area contributed by atoms with Crippen LogP contribution in [0.15, 0.2) is 21.5 Å². The van der Waals surface area contributed by atoms with Crippen LogP contribution in [0.4, 0.5) is 0 Å². The van der Waals surface area contributed by atoms with Crippen LogP contribution in [0.1, 0.15) is 50.8 Å². The molecule has 2 aromatic heterocycles. The molecule has 0 spiro atoms. The fourth-order valence-corrected chi connectivity index (χ4v) is 2.62. The average molecular weight is 274 g/mol. The first kappa shape index (κ1) is 13.0. The fraction of sp³-hybridized carbons (Fsp3) is 0.571. The van der Waals surface area contributed by atoms with Crippen LogP contribution in [0, 0.1) is 0 Å². The summed E-state index contributed by atoms with van der Waals surface area (Å²) in [7, 11) is 0. The lowest BCUT2D eigenvalue weighted by Crippen LogP contribution is -2.22. The molecule has 2 heterocycles. The van der Waals surface area contributed by atoms with Crippen LogP contribution in [0.5, 0.6) is 0 Å². The van der Waals surface area contributed by atoms with Crippen LogP contribution < -0.4 is 5.56 Å². The van der Waals surface area contributed by atoms with Gasteiger partial charge in [-0.25, -0.2) is 4.68 Å². The molecule has 1 aliphatic rings. The average Bonchev–Trinajstić information content (AvgIpc) is 3.11. The number of rotatable bonds is 4. The molecular weight excluding hydrogens is 256 g/mol. The van der Waals surface area contributed by atoms with E-state index < -0.39 is 0 Å². The lowest BCUT2D eigenvalue weighted by atomic mass is 10.1. The van der Waals surface area contributed by atoms with Gasteiger partial charge >= 0.3 is 0 Å². The Bertz CT molecular complexity index is 641. The van der Waals surface area contributed by atoms with Crippen LogP contribution in [-0.4, -0.2) is 19.9 Å². The van der Waals surface area contributed by atoms with Gasteiger partial charge < -0.3 is 4.52 Å². The Morgan fingerprint density at radius 1 is 1.35 bits per heavy atom. The van der Waals surface area contributed by atoms with Crippen molar-refractivity contribution in [3.05, 3.63) is 28.3 Å². The second-order valence-electron chi connectivity index (χ2n) is 5.22. The Labute approximate surface area is 116 Å². The van der Waals surface area contributed by atoms with Gasteiger partial charge in [-0.1, -0.05) is 24.9 Å². The van der Waals surface area contributed by atoms with Crippen molar-refractivity contribution < 1.29 is 4.52 Å². The second kappa shape index (κ2) is 5.56. The Kier molecular flexibility index (Phi) is 3.62. The molecule has 0 atom stereocenters. The minimum absolute atomic E-state index is 0.105. The Balaban J connectivity index is 1.88. The molecule has 1 saturated carbocycles. The van der Waals surface area contributed by atoms with Crippen molar-refractivity contribution in [3.8, 4) is 11.6 Å². The molecule has 0 aromatic carbocycles. The number of hydrogen-bond acceptors (Lipinski definition) is 5. The van der Waals surface area contributed by atoms with Crippen LogP contribution in [0.3, 0.4) is 0 Å². The first-order valence-electron chi connectivity index (χ1n) is 7.20. The third kappa shape index (κ3) is 2.50. The van der Waals surface area contributed by atoms with E-state index in [4.69, 9.17) is 4.52 Å². The van der Waals surface area contributed by atoms with E-state index >= 15 is 0 Å². The van der Waals surface area contributed by atoms with Crippen LogP contribution >= 0.6 is 0 Å². The largest absolute Gasteiger partial charge is 0.332 e. The maximum Gasteiger partial charge on any atom is 0.278 e. The van der Waals surface area contributed by atoms with Gasteiger partial charge in [-0.15, -0.1) is 0 Å². The molecule has 106 valence electrons. The Hall–Kier alpha value is -1.98. The molecule has 0 bridgehead atoms. The summed E-state index contributed by atoms with van der Waals surface area (Å²) < 4.78 is 6.74. The second-order valence-corrected chi connectivity index (χ2v) is 5.22.